The molecule has 0 aromatic heterocycles. The maximum absolute atomic E-state index is 13.4. The summed E-state index contributed by atoms with van der Waals surface area (Å²) in [4.78, 5) is 23.5. The first-order valence-electron chi connectivity index (χ1n) is 7.06. The van der Waals surface area contributed by atoms with E-state index in [0.29, 0.717) is 6.07 Å². The number of carbonyl (C=O) groups excluding carboxylic acids is 2. The number of anilines is 1. The predicted octanol–water partition coefficient (Wildman–Crippen LogP) is 2.82. The highest BCUT2D eigenvalue weighted by atomic mass is 19.1. The molecule has 2 aromatic carbocycles. The molecule has 0 fully saturated rings. The van der Waals surface area contributed by atoms with Crippen LogP contribution in [0.2, 0.25) is 0 Å². The fraction of sp³-hybridized carbons (Fsp3) is 0.176. The number of hydrogen-bond donors (Lipinski definition) is 2. The summed E-state index contributed by atoms with van der Waals surface area (Å²) < 4.78 is 26.2. The van der Waals surface area contributed by atoms with Gasteiger partial charge in [-0.25, -0.2) is 8.78 Å². The van der Waals surface area contributed by atoms with Gasteiger partial charge in [0.1, 0.15) is 11.6 Å². The average molecular weight is 318 g/mol. The van der Waals surface area contributed by atoms with Crippen LogP contribution in [0.1, 0.15) is 18.4 Å². The molecule has 23 heavy (non-hydrogen) atoms. The van der Waals surface area contributed by atoms with E-state index in [2.05, 4.69) is 10.6 Å². The van der Waals surface area contributed by atoms with Crippen LogP contribution in [0, 0.1) is 11.6 Å². The quantitative estimate of drug-likeness (QED) is 0.852. The summed E-state index contributed by atoms with van der Waals surface area (Å²) in [6.45, 7) is 2.18. The van der Waals surface area contributed by atoms with Gasteiger partial charge >= 0.3 is 11.8 Å². The van der Waals surface area contributed by atoms with Gasteiger partial charge in [-0.05, 0) is 23.6 Å². The lowest BCUT2D eigenvalue weighted by Gasteiger charge is -2.13. The topological polar surface area (TPSA) is 58.2 Å². The highest BCUT2D eigenvalue weighted by Gasteiger charge is 2.17. The zero-order valence-electron chi connectivity index (χ0n) is 12.5. The summed E-state index contributed by atoms with van der Waals surface area (Å²) in [5.74, 6) is -3.56. The van der Waals surface area contributed by atoms with E-state index in [-0.39, 0.29) is 18.2 Å². The van der Waals surface area contributed by atoms with E-state index in [1.165, 1.54) is 0 Å². The molecular weight excluding hydrogens is 302 g/mol. The molecule has 2 rings (SSSR count). The minimum atomic E-state index is -1.00. The molecule has 2 aromatic rings. The molecule has 2 amide bonds. The summed E-state index contributed by atoms with van der Waals surface area (Å²) in [5, 5.41) is 4.59. The smallest absolute Gasteiger partial charge is 0.313 e. The van der Waals surface area contributed by atoms with Gasteiger partial charge in [-0.3, -0.25) is 9.59 Å². The Morgan fingerprint density at radius 2 is 1.74 bits per heavy atom. The van der Waals surface area contributed by atoms with Gasteiger partial charge in [0.25, 0.3) is 0 Å². The van der Waals surface area contributed by atoms with E-state index in [1.54, 1.807) is 0 Å². The molecule has 0 unspecified atom stereocenters. The summed E-state index contributed by atoms with van der Waals surface area (Å²) in [6.07, 6.45) is 0. The van der Waals surface area contributed by atoms with Gasteiger partial charge in [0.2, 0.25) is 0 Å². The molecule has 120 valence electrons. The van der Waals surface area contributed by atoms with E-state index in [0.717, 1.165) is 17.7 Å². The highest BCUT2D eigenvalue weighted by Crippen LogP contribution is 2.15. The maximum atomic E-state index is 13.4. The van der Waals surface area contributed by atoms with E-state index in [9.17, 15) is 18.4 Å². The average Bonchev–Trinajstić information content (AvgIpc) is 2.55. The van der Waals surface area contributed by atoms with Crippen LogP contribution in [0.3, 0.4) is 0 Å². The van der Waals surface area contributed by atoms with E-state index < -0.39 is 23.4 Å². The van der Waals surface area contributed by atoms with Gasteiger partial charge in [0.05, 0.1) is 5.69 Å². The Kier molecular flexibility index (Phi) is 5.41. The van der Waals surface area contributed by atoms with Gasteiger partial charge < -0.3 is 10.6 Å². The number of nitrogens with one attached hydrogen (secondary N) is 2. The van der Waals surface area contributed by atoms with Crippen molar-refractivity contribution in [2.24, 2.45) is 0 Å². The van der Waals surface area contributed by atoms with Crippen molar-refractivity contribution < 1.29 is 18.4 Å². The number of rotatable bonds is 4. The molecular formula is C17H16F2N2O2. The Labute approximate surface area is 132 Å². The summed E-state index contributed by atoms with van der Waals surface area (Å²) in [5.41, 5.74) is 0.778. The first-order valence-corrected chi connectivity index (χ1v) is 7.06. The zero-order valence-corrected chi connectivity index (χ0v) is 12.5. The van der Waals surface area contributed by atoms with Crippen molar-refractivity contribution in [1.29, 1.82) is 0 Å². The lowest BCUT2D eigenvalue weighted by Crippen LogP contribution is -2.37. The Morgan fingerprint density at radius 1 is 1.04 bits per heavy atom. The van der Waals surface area contributed by atoms with Crippen LogP contribution in [0.4, 0.5) is 14.5 Å². The monoisotopic (exact) mass is 318 g/mol. The molecule has 0 saturated carbocycles. The van der Waals surface area contributed by atoms with Crippen molar-refractivity contribution in [2.45, 2.75) is 12.8 Å². The summed E-state index contributed by atoms with van der Waals surface area (Å²) in [6, 6.07) is 12.2. The SMILES string of the molecule is C[C@H](CNC(=O)C(=O)Nc1ccc(F)cc1F)c1ccccc1. The molecule has 0 aliphatic carbocycles. The van der Waals surface area contributed by atoms with Crippen molar-refractivity contribution in [1.82, 2.24) is 5.32 Å². The van der Waals surface area contributed by atoms with Crippen molar-refractivity contribution in [3.8, 4) is 0 Å². The van der Waals surface area contributed by atoms with Crippen molar-refractivity contribution in [3.63, 3.8) is 0 Å². The fourth-order valence-electron chi connectivity index (χ4n) is 2.00. The second-order valence-electron chi connectivity index (χ2n) is 5.10. The fourth-order valence-corrected chi connectivity index (χ4v) is 2.00. The first kappa shape index (κ1) is 16.6. The third-order valence-corrected chi connectivity index (χ3v) is 3.32. The number of carbonyl (C=O) groups is 2. The molecule has 2 N–H and O–H groups in total. The third-order valence-electron chi connectivity index (χ3n) is 3.32. The number of hydrogen-bond acceptors (Lipinski definition) is 2. The molecule has 6 heteroatoms. The molecule has 4 nitrogen and oxygen atoms in total. The Balaban J connectivity index is 1.89. The zero-order chi connectivity index (χ0) is 16.8. The van der Waals surface area contributed by atoms with Gasteiger partial charge in [-0.15, -0.1) is 0 Å². The minimum Gasteiger partial charge on any atom is -0.347 e. The lowest BCUT2D eigenvalue weighted by atomic mass is 10.0. The van der Waals surface area contributed by atoms with E-state index in [1.807, 2.05) is 37.3 Å². The second-order valence-corrected chi connectivity index (χ2v) is 5.10. The van der Waals surface area contributed by atoms with E-state index >= 15 is 0 Å². The van der Waals surface area contributed by atoms with Crippen LogP contribution in [0.15, 0.2) is 48.5 Å². The van der Waals surface area contributed by atoms with Crippen LogP contribution >= 0.6 is 0 Å². The molecule has 0 aliphatic rings. The van der Waals surface area contributed by atoms with Crippen molar-refractivity contribution in [2.75, 3.05) is 11.9 Å². The molecule has 0 saturated heterocycles. The Hall–Kier alpha value is -2.76. The molecule has 0 bridgehead atoms. The summed E-state index contributed by atoms with van der Waals surface area (Å²) >= 11 is 0. The largest absolute Gasteiger partial charge is 0.347 e. The van der Waals surface area contributed by atoms with Crippen molar-refractivity contribution in [3.05, 3.63) is 65.7 Å². The molecule has 0 spiro atoms. The summed E-state index contributed by atoms with van der Waals surface area (Å²) in [7, 11) is 0. The van der Waals surface area contributed by atoms with Gasteiger partial charge in [-0.2, -0.15) is 0 Å². The van der Waals surface area contributed by atoms with Crippen LogP contribution in [-0.2, 0) is 9.59 Å². The van der Waals surface area contributed by atoms with Gasteiger partial charge in [0.15, 0.2) is 0 Å². The number of amides is 2. The third kappa shape index (κ3) is 4.60. The Bertz CT molecular complexity index is 705. The van der Waals surface area contributed by atoms with Crippen LogP contribution in [0.25, 0.3) is 0 Å². The normalized spacial score (nSPS) is 11.6. The first-order chi connectivity index (χ1) is 11.0. The van der Waals surface area contributed by atoms with Crippen LogP contribution < -0.4 is 10.6 Å². The van der Waals surface area contributed by atoms with E-state index in [4.69, 9.17) is 0 Å². The highest BCUT2D eigenvalue weighted by molar-refractivity contribution is 6.39. The standard InChI is InChI=1S/C17H16F2N2O2/c1-11(12-5-3-2-4-6-12)10-20-16(22)17(23)21-15-8-7-13(18)9-14(15)19/h2-9,11H,10H2,1H3,(H,20,22)(H,21,23)/t11-/m1/s1. The molecule has 0 heterocycles. The minimum absolute atomic E-state index is 0.0236. The van der Waals surface area contributed by atoms with Crippen molar-refractivity contribution >= 4 is 17.5 Å². The van der Waals surface area contributed by atoms with Crippen LogP contribution in [0.5, 0.6) is 0 Å². The molecule has 0 aliphatic heterocycles. The number of halogens is 2. The van der Waals surface area contributed by atoms with Gasteiger partial charge in [0, 0.05) is 12.6 Å². The molecule has 1 atom stereocenters. The Morgan fingerprint density at radius 3 is 2.39 bits per heavy atom. The lowest BCUT2D eigenvalue weighted by molar-refractivity contribution is -0.136. The number of benzene rings is 2. The molecule has 0 radical (unpaired) electrons. The predicted molar refractivity (Wildman–Crippen MR) is 82.9 cm³/mol. The maximum Gasteiger partial charge on any atom is 0.313 e. The van der Waals surface area contributed by atoms with Gasteiger partial charge in [-0.1, -0.05) is 37.3 Å². The van der Waals surface area contributed by atoms with Crippen LogP contribution in [-0.4, -0.2) is 18.4 Å². The second kappa shape index (κ2) is 7.49.